The van der Waals surface area contributed by atoms with Gasteiger partial charge < -0.3 is 10.7 Å². The number of carbonyl (C=O) groups excluding carboxylic acids is 1. The fraction of sp³-hybridized carbons (Fsp3) is 0.538. The first-order chi connectivity index (χ1) is 9.67. The number of amides is 1. The molecule has 2 fully saturated rings. The molecule has 1 aromatic rings. The maximum atomic E-state index is 12.3. The third-order valence-electron chi connectivity index (χ3n) is 3.85. The van der Waals surface area contributed by atoms with E-state index in [1.807, 2.05) is 0 Å². The van der Waals surface area contributed by atoms with E-state index in [1.54, 1.807) is 12.3 Å². The summed E-state index contributed by atoms with van der Waals surface area (Å²) in [6.45, 7) is 2.03. The zero-order valence-electron chi connectivity index (χ0n) is 11.1. The zero-order valence-corrected chi connectivity index (χ0v) is 12.7. The molecule has 1 amide bonds. The highest BCUT2D eigenvalue weighted by Gasteiger charge is 2.35. The highest BCUT2D eigenvalue weighted by Crippen LogP contribution is 2.30. The number of hydrogen-bond acceptors (Lipinski definition) is 5. The Hall–Kier alpha value is -1.18. The highest BCUT2D eigenvalue weighted by atomic mass is 79.9. The number of likely N-dealkylation sites (tertiary alicyclic amines) is 1. The first-order valence-electron chi connectivity index (χ1n) is 6.84. The van der Waals surface area contributed by atoms with Gasteiger partial charge in [-0.1, -0.05) is 0 Å². The number of nitrogen functional groups attached to an aromatic ring is 1. The van der Waals surface area contributed by atoms with Crippen molar-refractivity contribution >= 4 is 27.7 Å². The van der Waals surface area contributed by atoms with E-state index in [4.69, 9.17) is 5.84 Å². The van der Waals surface area contributed by atoms with Gasteiger partial charge in [-0.3, -0.25) is 9.69 Å². The van der Waals surface area contributed by atoms with E-state index in [9.17, 15) is 4.79 Å². The monoisotopic (exact) mass is 339 g/mol. The van der Waals surface area contributed by atoms with E-state index in [-0.39, 0.29) is 11.9 Å². The number of anilines is 1. The van der Waals surface area contributed by atoms with Gasteiger partial charge in [-0.05, 0) is 41.3 Å². The van der Waals surface area contributed by atoms with Gasteiger partial charge in [0.25, 0.3) is 5.91 Å². The van der Waals surface area contributed by atoms with Gasteiger partial charge in [0.1, 0.15) is 0 Å². The molecule has 20 heavy (non-hydrogen) atoms. The summed E-state index contributed by atoms with van der Waals surface area (Å²) >= 11 is 3.32. The molecule has 0 aromatic carbocycles. The molecular formula is C13H18BrN5O. The Morgan fingerprint density at radius 1 is 1.45 bits per heavy atom. The third-order valence-corrected chi connectivity index (χ3v) is 4.29. The number of carbonyl (C=O) groups is 1. The van der Waals surface area contributed by atoms with E-state index < -0.39 is 0 Å². The Labute approximate surface area is 126 Å². The normalized spacial score (nSPS) is 22.8. The lowest BCUT2D eigenvalue weighted by atomic mass is 10.2. The number of hydrazine groups is 1. The molecule has 0 spiro atoms. The van der Waals surface area contributed by atoms with Gasteiger partial charge in [-0.15, -0.1) is 0 Å². The van der Waals surface area contributed by atoms with Gasteiger partial charge >= 0.3 is 0 Å². The van der Waals surface area contributed by atoms with Gasteiger partial charge in [-0.25, -0.2) is 10.8 Å². The summed E-state index contributed by atoms with van der Waals surface area (Å²) in [5, 5.41) is 3.07. The average molecular weight is 340 g/mol. The lowest BCUT2D eigenvalue weighted by Crippen LogP contribution is -2.38. The number of nitrogens with zero attached hydrogens (tertiary/aromatic N) is 2. The van der Waals surface area contributed by atoms with Crippen LogP contribution in [-0.2, 0) is 0 Å². The first kappa shape index (κ1) is 13.8. The second kappa shape index (κ2) is 5.67. The topological polar surface area (TPSA) is 83.3 Å². The zero-order chi connectivity index (χ0) is 14.1. The number of aromatic nitrogens is 1. The molecular weight excluding hydrogens is 322 g/mol. The van der Waals surface area contributed by atoms with Crippen LogP contribution >= 0.6 is 15.9 Å². The van der Waals surface area contributed by atoms with Crippen molar-refractivity contribution in [2.75, 3.05) is 18.5 Å². The van der Waals surface area contributed by atoms with Gasteiger partial charge in [0.2, 0.25) is 0 Å². The van der Waals surface area contributed by atoms with Crippen molar-refractivity contribution < 1.29 is 4.79 Å². The Bertz CT molecular complexity index is 519. The predicted octanol–water partition coefficient (Wildman–Crippen LogP) is 1.10. The summed E-state index contributed by atoms with van der Waals surface area (Å²) in [5.74, 6) is 5.66. The summed E-state index contributed by atoms with van der Waals surface area (Å²) in [6, 6.07) is 2.70. The molecule has 1 aliphatic carbocycles. The quantitative estimate of drug-likeness (QED) is 0.565. The molecule has 1 saturated carbocycles. The molecule has 0 radical (unpaired) electrons. The summed E-state index contributed by atoms with van der Waals surface area (Å²) in [7, 11) is 0. The van der Waals surface area contributed by atoms with Gasteiger partial charge in [0.05, 0.1) is 5.56 Å². The van der Waals surface area contributed by atoms with E-state index in [1.165, 1.54) is 12.8 Å². The summed E-state index contributed by atoms with van der Waals surface area (Å²) < 4.78 is 0.757. The minimum atomic E-state index is -0.130. The molecule has 1 saturated heterocycles. The van der Waals surface area contributed by atoms with Gasteiger partial charge in [-0.2, -0.15) is 0 Å². The van der Waals surface area contributed by atoms with Crippen molar-refractivity contribution in [2.45, 2.75) is 31.3 Å². The summed E-state index contributed by atoms with van der Waals surface area (Å²) in [5.41, 5.74) is 2.93. The van der Waals surface area contributed by atoms with Crippen LogP contribution in [0.15, 0.2) is 16.7 Å². The molecule has 3 rings (SSSR count). The van der Waals surface area contributed by atoms with Crippen molar-refractivity contribution in [3.05, 3.63) is 22.3 Å². The number of nitrogens with two attached hydrogens (primary N) is 1. The number of nitrogens with one attached hydrogen (secondary N) is 2. The lowest BCUT2D eigenvalue weighted by molar-refractivity contribution is 0.0938. The molecule has 7 heteroatoms. The molecule has 2 heterocycles. The number of rotatable bonds is 4. The SMILES string of the molecule is NNc1ncc(Br)cc1C(=O)NC1CCN(C2CC2)C1. The molecule has 1 aromatic heterocycles. The number of hydrogen-bond donors (Lipinski definition) is 3. The van der Waals surface area contributed by atoms with Crippen LogP contribution < -0.4 is 16.6 Å². The Balaban J connectivity index is 1.65. The van der Waals surface area contributed by atoms with Crippen LogP contribution in [0, 0.1) is 0 Å². The minimum absolute atomic E-state index is 0.130. The van der Waals surface area contributed by atoms with Crippen molar-refractivity contribution in [1.82, 2.24) is 15.2 Å². The molecule has 6 nitrogen and oxygen atoms in total. The van der Waals surface area contributed by atoms with Gasteiger partial charge in [0.15, 0.2) is 5.82 Å². The minimum Gasteiger partial charge on any atom is -0.348 e. The first-order valence-corrected chi connectivity index (χ1v) is 7.63. The largest absolute Gasteiger partial charge is 0.348 e. The maximum Gasteiger partial charge on any atom is 0.255 e. The Morgan fingerprint density at radius 3 is 2.95 bits per heavy atom. The summed E-state index contributed by atoms with van der Waals surface area (Å²) in [4.78, 5) is 18.9. The Morgan fingerprint density at radius 2 is 2.25 bits per heavy atom. The van der Waals surface area contributed by atoms with E-state index in [0.29, 0.717) is 11.4 Å². The van der Waals surface area contributed by atoms with Crippen molar-refractivity contribution in [3.8, 4) is 0 Å². The van der Waals surface area contributed by atoms with E-state index in [2.05, 4.69) is 36.6 Å². The Kier molecular flexibility index (Phi) is 3.91. The molecule has 108 valence electrons. The molecule has 1 atom stereocenters. The lowest BCUT2D eigenvalue weighted by Gasteiger charge is -2.16. The van der Waals surface area contributed by atoms with Crippen LogP contribution in [0.2, 0.25) is 0 Å². The third kappa shape index (κ3) is 2.94. The molecule has 4 N–H and O–H groups in total. The molecule has 0 bridgehead atoms. The summed E-state index contributed by atoms with van der Waals surface area (Å²) in [6.07, 6.45) is 5.22. The fourth-order valence-corrected chi connectivity index (χ4v) is 3.00. The fourth-order valence-electron chi connectivity index (χ4n) is 2.67. The van der Waals surface area contributed by atoms with Crippen molar-refractivity contribution in [1.29, 1.82) is 0 Å². The van der Waals surface area contributed by atoms with Crippen LogP contribution in [0.5, 0.6) is 0 Å². The van der Waals surface area contributed by atoms with E-state index in [0.717, 1.165) is 30.0 Å². The maximum absolute atomic E-state index is 12.3. The van der Waals surface area contributed by atoms with Crippen LogP contribution in [-0.4, -0.2) is 41.0 Å². The average Bonchev–Trinajstić information content (AvgIpc) is 3.19. The smallest absolute Gasteiger partial charge is 0.255 e. The predicted molar refractivity (Wildman–Crippen MR) is 80.2 cm³/mol. The van der Waals surface area contributed by atoms with Crippen molar-refractivity contribution in [2.24, 2.45) is 5.84 Å². The van der Waals surface area contributed by atoms with Crippen molar-refractivity contribution in [3.63, 3.8) is 0 Å². The van der Waals surface area contributed by atoms with Crippen LogP contribution in [0.3, 0.4) is 0 Å². The highest BCUT2D eigenvalue weighted by molar-refractivity contribution is 9.10. The molecule has 2 aliphatic rings. The van der Waals surface area contributed by atoms with Crippen LogP contribution in [0.4, 0.5) is 5.82 Å². The number of halogens is 1. The second-order valence-corrected chi connectivity index (χ2v) is 6.29. The van der Waals surface area contributed by atoms with Gasteiger partial charge in [0, 0.05) is 35.8 Å². The van der Waals surface area contributed by atoms with Crippen LogP contribution in [0.1, 0.15) is 29.6 Å². The second-order valence-electron chi connectivity index (χ2n) is 5.38. The number of pyridine rings is 1. The molecule has 1 aliphatic heterocycles. The van der Waals surface area contributed by atoms with E-state index >= 15 is 0 Å². The standard InChI is InChI=1S/C13H18BrN5O/c14-8-5-11(12(18-15)16-6-8)13(20)17-9-3-4-19(7-9)10-1-2-10/h5-6,9-10H,1-4,7,15H2,(H,16,18)(H,17,20). The molecule has 1 unspecified atom stereocenters. The van der Waals surface area contributed by atoms with Crippen LogP contribution in [0.25, 0.3) is 0 Å².